The first-order valence-electron chi connectivity index (χ1n) is 7.97. The van der Waals surface area contributed by atoms with Crippen LogP contribution in [0.5, 0.6) is 0 Å². The third-order valence-corrected chi connectivity index (χ3v) is 5.98. The summed E-state index contributed by atoms with van der Waals surface area (Å²) >= 11 is 12.5. The van der Waals surface area contributed by atoms with Crippen LogP contribution in [0.3, 0.4) is 0 Å². The van der Waals surface area contributed by atoms with E-state index < -0.39 is 4.92 Å². The average Bonchev–Trinajstić information content (AvgIpc) is 2.51. The first-order chi connectivity index (χ1) is 10.9. The van der Waals surface area contributed by atoms with Crippen LogP contribution in [0.1, 0.15) is 25.7 Å². The first kappa shape index (κ1) is 16.8. The Balaban J connectivity index is 1.74. The molecule has 0 radical (unpaired) electrons. The van der Waals surface area contributed by atoms with E-state index in [1.807, 2.05) is 0 Å². The van der Waals surface area contributed by atoms with Gasteiger partial charge in [-0.1, -0.05) is 23.2 Å². The molecule has 23 heavy (non-hydrogen) atoms. The molecule has 7 heteroatoms. The zero-order valence-corrected chi connectivity index (χ0v) is 14.7. The Morgan fingerprint density at radius 1 is 1.04 bits per heavy atom. The quantitative estimate of drug-likeness (QED) is 0.587. The summed E-state index contributed by atoms with van der Waals surface area (Å²) < 4.78 is 0. The van der Waals surface area contributed by atoms with E-state index >= 15 is 0 Å². The van der Waals surface area contributed by atoms with Crippen molar-refractivity contribution in [3.63, 3.8) is 0 Å². The van der Waals surface area contributed by atoms with Crippen molar-refractivity contribution in [3.05, 3.63) is 32.3 Å². The van der Waals surface area contributed by atoms with E-state index in [0.717, 1.165) is 31.6 Å². The molecule has 1 spiro atoms. The maximum Gasteiger partial charge on any atom is 0.272 e. The summed E-state index contributed by atoms with van der Waals surface area (Å²) in [6.45, 7) is 4.14. The van der Waals surface area contributed by atoms with Crippen molar-refractivity contribution in [1.29, 1.82) is 0 Å². The van der Waals surface area contributed by atoms with Gasteiger partial charge in [0.2, 0.25) is 0 Å². The first-order valence-corrected chi connectivity index (χ1v) is 8.73. The minimum absolute atomic E-state index is 0.0625. The number of hydrogen-bond acceptors (Lipinski definition) is 4. The van der Waals surface area contributed by atoms with Crippen LogP contribution in [-0.4, -0.2) is 43.0 Å². The standard InChI is InChI=1S/C16H21Cl2N3O2/c1-19-6-2-16(3-7-19)4-8-20(9-5-16)15-13(17)10-12(21(22)23)11-14(15)18/h10-11H,2-9H2,1H3. The SMILES string of the molecule is CN1CCC2(CC1)CCN(c1c(Cl)cc([N+](=O)[O-])cc1Cl)CC2. The van der Waals surface area contributed by atoms with Gasteiger partial charge in [-0.05, 0) is 51.2 Å². The van der Waals surface area contributed by atoms with E-state index in [4.69, 9.17) is 23.2 Å². The number of nitrogens with zero attached hydrogens (tertiary/aromatic N) is 3. The second-order valence-corrected chi connectivity index (χ2v) is 7.62. The number of anilines is 1. The Hall–Kier alpha value is -1.04. The molecule has 3 rings (SSSR count). The Bertz CT molecular complexity index is 582. The lowest BCUT2D eigenvalue weighted by atomic mass is 9.71. The molecule has 0 unspecified atom stereocenters. The van der Waals surface area contributed by atoms with Gasteiger partial charge in [0.15, 0.2) is 0 Å². The highest BCUT2D eigenvalue weighted by atomic mass is 35.5. The minimum Gasteiger partial charge on any atom is -0.369 e. The predicted molar refractivity (Wildman–Crippen MR) is 93.7 cm³/mol. The third kappa shape index (κ3) is 3.42. The second-order valence-electron chi connectivity index (χ2n) is 6.81. The molecule has 0 atom stereocenters. The van der Waals surface area contributed by atoms with Gasteiger partial charge in [0.05, 0.1) is 20.7 Å². The molecule has 0 aromatic heterocycles. The summed E-state index contributed by atoms with van der Waals surface area (Å²) in [7, 11) is 2.18. The van der Waals surface area contributed by atoms with Crippen LogP contribution in [0.25, 0.3) is 0 Å². The van der Waals surface area contributed by atoms with Gasteiger partial charge in [-0.25, -0.2) is 0 Å². The van der Waals surface area contributed by atoms with Crippen LogP contribution in [0.4, 0.5) is 11.4 Å². The summed E-state index contributed by atoms with van der Waals surface area (Å²) in [5.74, 6) is 0. The van der Waals surface area contributed by atoms with Crippen LogP contribution < -0.4 is 4.90 Å². The third-order valence-electron chi connectivity index (χ3n) is 5.40. The molecule has 1 aromatic rings. The highest BCUT2D eigenvalue weighted by molar-refractivity contribution is 6.39. The van der Waals surface area contributed by atoms with Crippen molar-refractivity contribution in [3.8, 4) is 0 Å². The van der Waals surface area contributed by atoms with Crippen molar-refractivity contribution < 1.29 is 4.92 Å². The van der Waals surface area contributed by atoms with E-state index in [9.17, 15) is 10.1 Å². The molecule has 0 amide bonds. The van der Waals surface area contributed by atoms with Crippen molar-refractivity contribution in [2.75, 3.05) is 38.1 Å². The van der Waals surface area contributed by atoms with Crippen LogP contribution in [0, 0.1) is 15.5 Å². The summed E-state index contributed by atoms with van der Waals surface area (Å²) in [6.07, 6.45) is 4.76. The zero-order chi connectivity index (χ0) is 16.6. The summed E-state index contributed by atoms with van der Waals surface area (Å²) in [5, 5.41) is 11.6. The molecular formula is C16H21Cl2N3O2. The average molecular weight is 358 g/mol. The van der Waals surface area contributed by atoms with Gasteiger partial charge in [0.25, 0.3) is 5.69 Å². The lowest BCUT2D eigenvalue weighted by Crippen LogP contribution is -2.46. The van der Waals surface area contributed by atoms with E-state index in [2.05, 4.69) is 16.8 Å². The fourth-order valence-corrected chi connectivity index (χ4v) is 4.47. The molecule has 1 aromatic carbocycles. The molecule has 5 nitrogen and oxygen atoms in total. The summed E-state index contributed by atoms with van der Waals surface area (Å²) in [6, 6.07) is 2.78. The largest absolute Gasteiger partial charge is 0.369 e. The second kappa shape index (κ2) is 6.46. The molecular weight excluding hydrogens is 337 g/mol. The number of hydrogen-bond donors (Lipinski definition) is 0. The van der Waals surface area contributed by atoms with E-state index in [1.165, 1.54) is 38.1 Å². The van der Waals surface area contributed by atoms with E-state index in [-0.39, 0.29) is 5.69 Å². The molecule has 2 saturated heterocycles. The Morgan fingerprint density at radius 3 is 2.00 bits per heavy atom. The van der Waals surface area contributed by atoms with Gasteiger partial charge in [0.1, 0.15) is 0 Å². The number of non-ortho nitro benzene ring substituents is 1. The topological polar surface area (TPSA) is 49.6 Å². The molecule has 2 aliphatic heterocycles. The van der Waals surface area contributed by atoms with E-state index in [0.29, 0.717) is 15.5 Å². The van der Waals surface area contributed by atoms with Crippen molar-refractivity contribution in [2.24, 2.45) is 5.41 Å². The Labute approximate surface area is 146 Å². The molecule has 0 saturated carbocycles. The molecule has 0 aliphatic carbocycles. The lowest BCUT2D eigenvalue weighted by molar-refractivity contribution is -0.384. The van der Waals surface area contributed by atoms with Crippen LogP contribution in [-0.2, 0) is 0 Å². The van der Waals surface area contributed by atoms with Gasteiger partial charge >= 0.3 is 0 Å². The number of piperidine rings is 2. The highest BCUT2D eigenvalue weighted by Gasteiger charge is 2.37. The molecule has 0 N–H and O–H groups in total. The van der Waals surface area contributed by atoms with Crippen molar-refractivity contribution in [1.82, 2.24) is 4.90 Å². The maximum absolute atomic E-state index is 10.9. The number of rotatable bonds is 2. The maximum atomic E-state index is 10.9. The monoisotopic (exact) mass is 357 g/mol. The summed E-state index contributed by atoms with van der Waals surface area (Å²) in [5.41, 5.74) is 1.12. The molecule has 126 valence electrons. The van der Waals surface area contributed by atoms with Crippen molar-refractivity contribution >= 4 is 34.6 Å². The highest BCUT2D eigenvalue weighted by Crippen LogP contribution is 2.45. The fraction of sp³-hybridized carbons (Fsp3) is 0.625. The van der Waals surface area contributed by atoms with Gasteiger partial charge in [-0.3, -0.25) is 10.1 Å². The van der Waals surface area contributed by atoms with Gasteiger partial charge in [-0.15, -0.1) is 0 Å². The fourth-order valence-electron chi connectivity index (χ4n) is 3.76. The normalized spacial score (nSPS) is 21.6. The zero-order valence-electron chi connectivity index (χ0n) is 13.2. The summed E-state index contributed by atoms with van der Waals surface area (Å²) in [4.78, 5) is 15.0. The number of likely N-dealkylation sites (tertiary alicyclic amines) is 1. The van der Waals surface area contributed by atoms with Crippen molar-refractivity contribution in [2.45, 2.75) is 25.7 Å². The Morgan fingerprint density at radius 2 is 1.52 bits per heavy atom. The molecule has 0 bridgehead atoms. The van der Waals surface area contributed by atoms with Gasteiger partial charge < -0.3 is 9.80 Å². The number of nitro groups is 1. The number of nitro benzene ring substituents is 1. The number of benzene rings is 1. The van der Waals surface area contributed by atoms with E-state index in [1.54, 1.807) is 0 Å². The van der Waals surface area contributed by atoms with Gasteiger partial charge in [-0.2, -0.15) is 0 Å². The van der Waals surface area contributed by atoms with Crippen LogP contribution >= 0.6 is 23.2 Å². The van der Waals surface area contributed by atoms with Gasteiger partial charge in [0, 0.05) is 25.2 Å². The van der Waals surface area contributed by atoms with Crippen LogP contribution in [0.2, 0.25) is 10.0 Å². The molecule has 2 aliphatic rings. The molecule has 2 fully saturated rings. The van der Waals surface area contributed by atoms with Crippen LogP contribution in [0.15, 0.2) is 12.1 Å². The lowest BCUT2D eigenvalue weighted by Gasteiger charge is -2.47. The molecule has 2 heterocycles. The Kier molecular flexibility index (Phi) is 4.72. The number of halogens is 2. The minimum atomic E-state index is -0.467. The predicted octanol–water partition coefficient (Wildman–Crippen LogP) is 4.21. The smallest absolute Gasteiger partial charge is 0.272 e.